The fraction of sp³-hybridized carbons (Fsp3) is 0.130. The summed E-state index contributed by atoms with van der Waals surface area (Å²) in [5.41, 5.74) is 1.19. The first-order valence-corrected chi connectivity index (χ1v) is 9.12. The average Bonchev–Trinajstić information content (AvgIpc) is 2.75. The topological polar surface area (TPSA) is 95.9 Å². The summed E-state index contributed by atoms with van der Waals surface area (Å²) in [5.74, 6) is -0.715. The monoisotopic (exact) mass is 391 g/mol. The van der Waals surface area contributed by atoms with Crippen molar-refractivity contribution < 1.29 is 24.5 Å². The molecule has 0 bridgehead atoms. The molecule has 6 nitrogen and oxygen atoms in total. The number of hydrogen-bond acceptors (Lipinski definition) is 4. The van der Waals surface area contributed by atoms with E-state index in [0.717, 1.165) is 10.8 Å². The Morgan fingerprint density at radius 1 is 0.966 bits per heavy atom. The second kappa shape index (κ2) is 9.52. The van der Waals surface area contributed by atoms with Gasteiger partial charge in [-0.2, -0.15) is 0 Å². The predicted octanol–water partition coefficient (Wildman–Crippen LogP) is 3.11. The molecule has 3 N–H and O–H groups in total. The highest BCUT2D eigenvalue weighted by molar-refractivity contribution is 5.98. The number of amides is 1. The number of aliphatic hydroxyl groups excluding tert-OH is 1. The maximum atomic E-state index is 12.5. The van der Waals surface area contributed by atoms with Crippen molar-refractivity contribution in [3.05, 3.63) is 83.4 Å². The molecule has 0 radical (unpaired) electrons. The number of carboxylic acids is 1. The minimum Gasteiger partial charge on any atom is -0.488 e. The molecule has 0 aliphatic rings. The molecule has 29 heavy (non-hydrogen) atoms. The first kappa shape index (κ1) is 20.1. The number of benzene rings is 3. The van der Waals surface area contributed by atoms with Crippen LogP contribution >= 0.6 is 0 Å². The zero-order valence-electron chi connectivity index (χ0n) is 15.7. The molecule has 6 heteroatoms. The van der Waals surface area contributed by atoms with E-state index in [-0.39, 0.29) is 31.2 Å². The summed E-state index contributed by atoms with van der Waals surface area (Å²) in [6.07, 6.45) is 1.64. The molecule has 0 aliphatic carbocycles. The van der Waals surface area contributed by atoms with E-state index in [9.17, 15) is 9.59 Å². The van der Waals surface area contributed by atoms with Gasteiger partial charge in [0.15, 0.2) is 0 Å². The van der Waals surface area contributed by atoms with Crippen molar-refractivity contribution in [2.45, 2.75) is 0 Å². The van der Waals surface area contributed by atoms with Gasteiger partial charge in [0, 0.05) is 11.9 Å². The summed E-state index contributed by atoms with van der Waals surface area (Å²) in [6.45, 7) is -0.0230. The standard InChI is InChI=1S/C23H21NO5/c25-13-12-24-22(26)19(14-16-8-10-18(11-9-16)23(27)28)15-29-21-7-3-5-17-4-1-2-6-20(17)21/h1-11,14,25H,12-13,15H2,(H,24,26)(H,27,28). The summed E-state index contributed by atoms with van der Waals surface area (Å²) in [7, 11) is 0. The van der Waals surface area contributed by atoms with Crippen LogP contribution in [0, 0.1) is 0 Å². The van der Waals surface area contributed by atoms with E-state index in [4.69, 9.17) is 14.9 Å². The van der Waals surface area contributed by atoms with Crippen molar-refractivity contribution in [2.75, 3.05) is 19.8 Å². The fourth-order valence-corrected chi connectivity index (χ4v) is 2.86. The van der Waals surface area contributed by atoms with Gasteiger partial charge in [-0.05, 0) is 35.2 Å². The third-order valence-electron chi connectivity index (χ3n) is 4.32. The third-order valence-corrected chi connectivity index (χ3v) is 4.32. The van der Waals surface area contributed by atoms with Crippen LogP contribution in [0.2, 0.25) is 0 Å². The predicted molar refractivity (Wildman–Crippen MR) is 111 cm³/mol. The van der Waals surface area contributed by atoms with Crippen LogP contribution in [0.25, 0.3) is 16.8 Å². The minimum absolute atomic E-state index is 0.0198. The summed E-state index contributed by atoms with van der Waals surface area (Å²) in [6, 6.07) is 19.7. The van der Waals surface area contributed by atoms with Gasteiger partial charge in [0.05, 0.1) is 17.7 Å². The van der Waals surface area contributed by atoms with E-state index in [1.54, 1.807) is 18.2 Å². The number of ether oxygens (including phenoxy) is 1. The molecule has 0 spiro atoms. The largest absolute Gasteiger partial charge is 0.488 e. The Bertz CT molecular complexity index is 1040. The number of hydrogen-bond donors (Lipinski definition) is 3. The van der Waals surface area contributed by atoms with E-state index in [1.165, 1.54) is 12.1 Å². The number of nitrogens with one attached hydrogen (secondary N) is 1. The summed E-state index contributed by atoms with van der Waals surface area (Å²) in [4.78, 5) is 23.5. The molecule has 0 heterocycles. The number of aliphatic hydroxyl groups is 1. The van der Waals surface area contributed by atoms with E-state index in [2.05, 4.69) is 5.32 Å². The van der Waals surface area contributed by atoms with Crippen molar-refractivity contribution in [3.63, 3.8) is 0 Å². The lowest BCUT2D eigenvalue weighted by atomic mass is 10.1. The SMILES string of the molecule is O=C(NCCO)C(=Cc1ccc(C(=O)O)cc1)COc1cccc2ccccc12. The highest BCUT2D eigenvalue weighted by Gasteiger charge is 2.12. The Morgan fingerprint density at radius 2 is 1.69 bits per heavy atom. The molecule has 0 unspecified atom stereocenters. The molecule has 3 rings (SSSR count). The maximum Gasteiger partial charge on any atom is 0.335 e. The van der Waals surface area contributed by atoms with Crippen LogP contribution in [0.4, 0.5) is 0 Å². The molecule has 0 saturated carbocycles. The Hall–Kier alpha value is -3.64. The second-order valence-electron chi connectivity index (χ2n) is 6.34. The van der Waals surface area contributed by atoms with Gasteiger partial charge in [-0.3, -0.25) is 4.79 Å². The molecule has 0 saturated heterocycles. The van der Waals surface area contributed by atoms with Crippen LogP contribution in [-0.4, -0.2) is 41.8 Å². The van der Waals surface area contributed by atoms with Gasteiger partial charge in [-0.15, -0.1) is 0 Å². The maximum absolute atomic E-state index is 12.5. The van der Waals surface area contributed by atoms with Gasteiger partial charge in [0.1, 0.15) is 12.4 Å². The molecule has 3 aromatic rings. The Labute approximate surface area is 168 Å². The summed E-state index contributed by atoms with van der Waals surface area (Å²) in [5, 5.41) is 22.6. The van der Waals surface area contributed by atoms with Crippen molar-refractivity contribution in [2.24, 2.45) is 0 Å². The third kappa shape index (κ3) is 5.21. The Kier molecular flexibility index (Phi) is 6.60. The van der Waals surface area contributed by atoms with E-state index >= 15 is 0 Å². The number of carboxylic acid groups (broad SMARTS) is 1. The van der Waals surface area contributed by atoms with Crippen LogP contribution in [0.5, 0.6) is 5.75 Å². The molecule has 148 valence electrons. The Morgan fingerprint density at radius 3 is 2.41 bits per heavy atom. The van der Waals surface area contributed by atoms with Crippen molar-refractivity contribution in [3.8, 4) is 5.75 Å². The van der Waals surface area contributed by atoms with Gasteiger partial charge in [0.2, 0.25) is 0 Å². The number of rotatable bonds is 8. The van der Waals surface area contributed by atoms with Crippen molar-refractivity contribution in [1.82, 2.24) is 5.32 Å². The number of aromatic carboxylic acids is 1. The molecular formula is C23H21NO5. The molecule has 0 fully saturated rings. The zero-order valence-corrected chi connectivity index (χ0v) is 15.7. The average molecular weight is 391 g/mol. The van der Waals surface area contributed by atoms with E-state index < -0.39 is 5.97 Å². The Balaban J connectivity index is 1.85. The quantitative estimate of drug-likeness (QED) is 0.513. The minimum atomic E-state index is -1.01. The lowest BCUT2D eigenvalue weighted by Gasteiger charge is -2.12. The highest BCUT2D eigenvalue weighted by Crippen LogP contribution is 2.25. The van der Waals surface area contributed by atoms with Crippen LogP contribution < -0.4 is 10.1 Å². The van der Waals surface area contributed by atoms with Crippen molar-refractivity contribution >= 4 is 28.7 Å². The normalized spacial score (nSPS) is 11.3. The fourth-order valence-electron chi connectivity index (χ4n) is 2.86. The van der Waals surface area contributed by atoms with Crippen LogP contribution in [-0.2, 0) is 4.79 Å². The summed E-state index contributed by atoms with van der Waals surface area (Å²) < 4.78 is 5.93. The molecule has 3 aromatic carbocycles. The van der Waals surface area contributed by atoms with Gasteiger partial charge < -0.3 is 20.3 Å². The molecule has 0 aliphatic heterocycles. The van der Waals surface area contributed by atoms with Gasteiger partial charge in [0.25, 0.3) is 5.91 Å². The first-order valence-electron chi connectivity index (χ1n) is 9.12. The second-order valence-corrected chi connectivity index (χ2v) is 6.34. The van der Waals surface area contributed by atoms with E-state index in [1.807, 2.05) is 42.5 Å². The summed E-state index contributed by atoms with van der Waals surface area (Å²) >= 11 is 0. The lowest BCUT2D eigenvalue weighted by molar-refractivity contribution is -0.117. The van der Waals surface area contributed by atoms with Crippen LogP contribution in [0.15, 0.2) is 72.3 Å². The molecule has 0 atom stereocenters. The van der Waals surface area contributed by atoms with Crippen molar-refractivity contribution in [1.29, 1.82) is 0 Å². The van der Waals surface area contributed by atoms with Gasteiger partial charge in [-0.1, -0.05) is 48.5 Å². The van der Waals surface area contributed by atoms with Gasteiger partial charge in [-0.25, -0.2) is 4.79 Å². The molecule has 1 amide bonds. The number of carbonyl (C=O) groups is 2. The molecule has 0 aromatic heterocycles. The van der Waals surface area contributed by atoms with Crippen LogP contribution in [0.3, 0.4) is 0 Å². The lowest BCUT2D eigenvalue weighted by Crippen LogP contribution is -2.29. The first-order chi connectivity index (χ1) is 14.1. The smallest absolute Gasteiger partial charge is 0.335 e. The number of fused-ring (bicyclic) bond motifs is 1. The zero-order chi connectivity index (χ0) is 20.6. The van der Waals surface area contributed by atoms with E-state index in [0.29, 0.717) is 16.9 Å². The van der Waals surface area contributed by atoms with Crippen LogP contribution in [0.1, 0.15) is 15.9 Å². The van der Waals surface area contributed by atoms with Gasteiger partial charge >= 0.3 is 5.97 Å². The number of carbonyl (C=O) groups excluding carboxylic acids is 1. The highest BCUT2D eigenvalue weighted by atomic mass is 16.5. The molecular weight excluding hydrogens is 370 g/mol.